The van der Waals surface area contributed by atoms with Gasteiger partial charge in [-0.05, 0) is 57.1 Å². The topological polar surface area (TPSA) is 38.7 Å². The summed E-state index contributed by atoms with van der Waals surface area (Å²) in [7, 11) is -0.328. The van der Waals surface area contributed by atoms with Gasteiger partial charge < -0.3 is 14.4 Å². The van der Waals surface area contributed by atoms with Crippen LogP contribution in [0.15, 0.2) is 18.2 Å². The third-order valence-electron chi connectivity index (χ3n) is 4.78. The molecule has 0 spiro atoms. The molecule has 0 amide bonds. The summed E-state index contributed by atoms with van der Waals surface area (Å²) in [5.41, 5.74) is 2.67. The van der Waals surface area contributed by atoms with Crippen molar-refractivity contribution in [3.05, 3.63) is 29.3 Å². The first-order valence-corrected chi connectivity index (χ1v) is 6.97. The lowest BCUT2D eigenvalue weighted by atomic mass is 9.75. The van der Waals surface area contributed by atoms with Crippen LogP contribution in [-0.2, 0) is 15.7 Å². The summed E-state index contributed by atoms with van der Waals surface area (Å²) in [5.74, 6) is 0. The summed E-state index contributed by atoms with van der Waals surface area (Å²) >= 11 is 0. The average molecular weight is 260 g/mol. The van der Waals surface area contributed by atoms with Gasteiger partial charge in [-0.3, -0.25) is 0 Å². The molecule has 102 valence electrons. The van der Waals surface area contributed by atoms with Crippen LogP contribution in [0.5, 0.6) is 0 Å². The van der Waals surface area contributed by atoms with Crippen molar-refractivity contribution in [3.8, 4) is 0 Å². The number of fused-ring (bicyclic) bond motifs is 1. The zero-order valence-electron chi connectivity index (χ0n) is 12.1. The van der Waals surface area contributed by atoms with Crippen LogP contribution in [-0.4, -0.2) is 23.4 Å². The highest BCUT2D eigenvalue weighted by molar-refractivity contribution is 6.62. The van der Waals surface area contributed by atoms with E-state index in [0.29, 0.717) is 0 Å². The van der Waals surface area contributed by atoms with E-state index in [2.05, 4.69) is 33.8 Å². The second kappa shape index (κ2) is 4.08. The molecule has 2 aliphatic rings. The van der Waals surface area contributed by atoms with Crippen molar-refractivity contribution in [2.45, 2.75) is 57.8 Å². The molecule has 0 saturated carbocycles. The molecule has 1 aliphatic carbocycles. The average Bonchev–Trinajstić information content (AvgIpc) is 2.78. The van der Waals surface area contributed by atoms with Crippen molar-refractivity contribution >= 4 is 12.6 Å². The van der Waals surface area contributed by atoms with Crippen molar-refractivity contribution in [3.63, 3.8) is 0 Å². The molecule has 1 saturated heterocycles. The molecule has 0 aromatic heterocycles. The number of aliphatic hydroxyl groups excluding tert-OH is 1. The SMILES string of the molecule is CC1(C)OB(c2cccc3c2CC[C@@H]3O)OC1(C)C. The third-order valence-corrected chi connectivity index (χ3v) is 4.78. The fraction of sp³-hybridized carbons (Fsp3) is 0.600. The van der Waals surface area contributed by atoms with Crippen LogP contribution in [0.25, 0.3) is 0 Å². The fourth-order valence-corrected chi connectivity index (χ4v) is 2.85. The van der Waals surface area contributed by atoms with Crippen LogP contribution in [0, 0.1) is 0 Å². The molecular weight excluding hydrogens is 239 g/mol. The maximum Gasteiger partial charge on any atom is 0.495 e. The van der Waals surface area contributed by atoms with Crippen LogP contribution in [0.1, 0.15) is 51.3 Å². The Hall–Kier alpha value is -0.835. The number of hydrogen-bond donors (Lipinski definition) is 1. The summed E-state index contributed by atoms with van der Waals surface area (Å²) in [5, 5.41) is 9.97. The quantitative estimate of drug-likeness (QED) is 0.784. The summed E-state index contributed by atoms with van der Waals surface area (Å²) in [6.45, 7) is 8.24. The van der Waals surface area contributed by atoms with Crippen LogP contribution >= 0.6 is 0 Å². The first kappa shape index (κ1) is 13.2. The predicted molar refractivity (Wildman–Crippen MR) is 75.4 cm³/mol. The van der Waals surface area contributed by atoms with Gasteiger partial charge in [-0.25, -0.2) is 0 Å². The van der Waals surface area contributed by atoms with Gasteiger partial charge in [-0.15, -0.1) is 0 Å². The first-order chi connectivity index (χ1) is 8.82. The van der Waals surface area contributed by atoms with Gasteiger partial charge in [0.2, 0.25) is 0 Å². The van der Waals surface area contributed by atoms with E-state index in [-0.39, 0.29) is 24.4 Å². The number of aliphatic hydroxyl groups is 1. The molecule has 3 nitrogen and oxygen atoms in total. The molecule has 4 heteroatoms. The van der Waals surface area contributed by atoms with E-state index >= 15 is 0 Å². The lowest BCUT2D eigenvalue weighted by Crippen LogP contribution is -2.41. The zero-order chi connectivity index (χ0) is 13.8. The van der Waals surface area contributed by atoms with Gasteiger partial charge in [0.05, 0.1) is 17.3 Å². The predicted octanol–water partition coefficient (Wildman–Crippen LogP) is 1.97. The van der Waals surface area contributed by atoms with Crippen molar-refractivity contribution < 1.29 is 14.4 Å². The van der Waals surface area contributed by atoms with Gasteiger partial charge in [-0.2, -0.15) is 0 Å². The van der Waals surface area contributed by atoms with E-state index < -0.39 is 0 Å². The van der Waals surface area contributed by atoms with Gasteiger partial charge in [0.15, 0.2) is 0 Å². The van der Waals surface area contributed by atoms with Crippen LogP contribution in [0.2, 0.25) is 0 Å². The minimum absolute atomic E-state index is 0.322. The molecule has 1 aliphatic heterocycles. The minimum Gasteiger partial charge on any atom is -0.399 e. The Kier molecular flexibility index (Phi) is 2.82. The molecular formula is C15H21BO3. The fourth-order valence-electron chi connectivity index (χ4n) is 2.85. The summed E-state index contributed by atoms with van der Waals surface area (Å²) in [6, 6.07) is 6.04. The Bertz CT molecular complexity index is 494. The Morgan fingerprint density at radius 3 is 2.42 bits per heavy atom. The largest absolute Gasteiger partial charge is 0.495 e. The van der Waals surface area contributed by atoms with Gasteiger partial charge in [0, 0.05) is 0 Å². The molecule has 1 aromatic carbocycles. The molecule has 1 aromatic rings. The molecule has 0 unspecified atom stereocenters. The summed E-state index contributed by atoms with van der Waals surface area (Å²) in [4.78, 5) is 0. The van der Waals surface area contributed by atoms with Gasteiger partial charge in [-0.1, -0.05) is 18.2 Å². The molecule has 0 bridgehead atoms. The molecule has 1 atom stereocenters. The first-order valence-electron chi connectivity index (χ1n) is 6.97. The minimum atomic E-state index is -0.336. The Morgan fingerprint density at radius 1 is 1.16 bits per heavy atom. The van der Waals surface area contributed by atoms with Crippen molar-refractivity contribution in [2.75, 3.05) is 0 Å². The Morgan fingerprint density at radius 2 is 1.79 bits per heavy atom. The Labute approximate surface area is 115 Å². The second-order valence-corrected chi connectivity index (χ2v) is 6.56. The summed E-state index contributed by atoms with van der Waals surface area (Å²) < 4.78 is 12.2. The molecule has 0 radical (unpaired) electrons. The highest BCUT2D eigenvalue weighted by Gasteiger charge is 2.52. The zero-order valence-corrected chi connectivity index (χ0v) is 12.1. The van der Waals surface area contributed by atoms with Crippen LogP contribution in [0.4, 0.5) is 0 Å². The molecule has 1 N–H and O–H groups in total. The number of benzene rings is 1. The van der Waals surface area contributed by atoms with Gasteiger partial charge in [0.25, 0.3) is 0 Å². The number of rotatable bonds is 1. The van der Waals surface area contributed by atoms with E-state index in [0.717, 1.165) is 23.9 Å². The maximum atomic E-state index is 9.97. The van der Waals surface area contributed by atoms with Gasteiger partial charge in [0.1, 0.15) is 0 Å². The maximum absolute atomic E-state index is 9.97. The van der Waals surface area contributed by atoms with Crippen LogP contribution in [0.3, 0.4) is 0 Å². The van der Waals surface area contributed by atoms with E-state index in [9.17, 15) is 5.11 Å². The smallest absolute Gasteiger partial charge is 0.399 e. The normalized spacial score (nSPS) is 27.6. The molecule has 1 fully saturated rings. The van der Waals surface area contributed by atoms with Crippen LogP contribution < -0.4 is 5.46 Å². The van der Waals surface area contributed by atoms with Gasteiger partial charge >= 0.3 is 7.12 Å². The highest BCUT2D eigenvalue weighted by Crippen LogP contribution is 2.38. The molecule has 3 rings (SSSR count). The standard InChI is InChI=1S/C15H21BO3/c1-14(2)15(3,4)19-16(18-14)12-7-5-6-11-10(12)8-9-13(11)17/h5-7,13,17H,8-9H2,1-4H3/t13-/m0/s1. The highest BCUT2D eigenvalue weighted by atomic mass is 16.7. The van der Waals surface area contributed by atoms with E-state index in [4.69, 9.17) is 9.31 Å². The van der Waals surface area contributed by atoms with Crippen molar-refractivity contribution in [2.24, 2.45) is 0 Å². The lowest BCUT2D eigenvalue weighted by molar-refractivity contribution is 0.00578. The van der Waals surface area contributed by atoms with E-state index in [1.54, 1.807) is 0 Å². The molecule has 19 heavy (non-hydrogen) atoms. The summed E-state index contributed by atoms with van der Waals surface area (Å²) in [6.07, 6.45) is 1.36. The molecule has 1 heterocycles. The number of hydrogen-bond acceptors (Lipinski definition) is 3. The van der Waals surface area contributed by atoms with E-state index in [1.807, 2.05) is 12.1 Å². The van der Waals surface area contributed by atoms with Crippen molar-refractivity contribution in [1.82, 2.24) is 0 Å². The van der Waals surface area contributed by atoms with E-state index in [1.165, 1.54) is 5.56 Å². The monoisotopic (exact) mass is 260 g/mol. The second-order valence-electron chi connectivity index (χ2n) is 6.56. The lowest BCUT2D eigenvalue weighted by Gasteiger charge is -2.32. The van der Waals surface area contributed by atoms with Crippen molar-refractivity contribution in [1.29, 1.82) is 0 Å². The Balaban J connectivity index is 1.98. The third kappa shape index (κ3) is 1.94.